The molecule has 3 nitrogen and oxygen atoms in total. The van der Waals surface area contributed by atoms with Gasteiger partial charge < -0.3 is 15.0 Å². The van der Waals surface area contributed by atoms with Gasteiger partial charge in [-0.15, -0.1) is 0 Å². The van der Waals surface area contributed by atoms with Crippen molar-refractivity contribution in [2.75, 3.05) is 40.4 Å². The molecule has 0 radical (unpaired) electrons. The number of ether oxygens (including phenoxy) is 1. The van der Waals surface area contributed by atoms with Gasteiger partial charge in [-0.05, 0) is 45.8 Å². The maximum absolute atomic E-state index is 5.46. The molecule has 0 bridgehead atoms. The molecule has 2 fully saturated rings. The van der Waals surface area contributed by atoms with Gasteiger partial charge in [0, 0.05) is 25.1 Å². The van der Waals surface area contributed by atoms with Gasteiger partial charge >= 0.3 is 0 Å². The summed E-state index contributed by atoms with van der Waals surface area (Å²) in [6.07, 6.45) is 6.75. The Morgan fingerprint density at radius 2 is 2.00 bits per heavy atom. The van der Waals surface area contributed by atoms with Gasteiger partial charge in [-0.25, -0.2) is 0 Å². The first-order chi connectivity index (χ1) is 7.76. The number of nitrogens with zero attached hydrogens (tertiary/aromatic N) is 1. The summed E-state index contributed by atoms with van der Waals surface area (Å²) in [7, 11) is 4.14. The predicted molar refractivity (Wildman–Crippen MR) is 66.7 cm³/mol. The van der Waals surface area contributed by atoms with E-state index in [1.54, 1.807) is 0 Å². The van der Waals surface area contributed by atoms with Crippen LogP contribution in [0.15, 0.2) is 0 Å². The van der Waals surface area contributed by atoms with Gasteiger partial charge in [-0.3, -0.25) is 0 Å². The fourth-order valence-electron chi connectivity index (χ4n) is 3.10. The highest BCUT2D eigenvalue weighted by molar-refractivity contribution is 4.89. The number of hydrogen-bond acceptors (Lipinski definition) is 3. The first-order valence-electron chi connectivity index (χ1n) is 6.66. The van der Waals surface area contributed by atoms with Crippen molar-refractivity contribution in [3.63, 3.8) is 0 Å². The van der Waals surface area contributed by atoms with Crippen LogP contribution in [0, 0.1) is 5.41 Å². The summed E-state index contributed by atoms with van der Waals surface area (Å²) in [5.74, 6) is 0. The van der Waals surface area contributed by atoms with Crippen LogP contribution in [0.25, 0.3) is 0 Å². The Kier molecular flexibility index (Phi) is 4.22. The Morgan fingerprint density at radius 1 is 1.31 bits per heavy atom. The molecule has 0 aromatic heterocycles. The summed E-state index contributed by atoms with van der Waals surface area (Å²) in [4.78, 5) is 2.58. The molecule has 0 unspecified atom stereocenters. The maximum Gasteiger partial charge on any atom is 0.0531 e. The smallest absolute Gasteiger partial charge is 0.0531 e. The quantitative estimate of drug-likeness (QED) is 0.768. The first-order valence-corrected chi connectivity index (χ1v) is 6.66. The molecule has 2 rings (SSSR count). The largest absolute Gasteiger partial charge is 0.384 e. The van der Waals surface area contributed by atoms with Gasteiger partial charge in [-0.2, -0.15) is 0 Å². The van der Waals surface area contributed by atoms with Crippen molar-refractivity contribution in [2.24, 2.45) is 5.41 Å². The molecule has 1 N–H and O–H groups in total. The lowest BCUT2D eigenvalue weighted by Crippen LogP contribution is -2.50. The highest BCUT2D eigenvalue weighted by Gasteiger charge is 2.35. The van der Waals surface area contributed by atoms with E-state index in [9.17, 15) is 0 Å². The number of rotatable bonds is 5. The zero-order valence-corrected chi connectivity index (χ0v) is 10.8. The predicted octanol–water partition coefficient (Wildman–Crippen LogP) is 1.49. The van der Waals surface area contributed by atoms with Crippen LogP contribution in [-0.2, 0) is 4.74 Å². The second-order valence-corrected chi connectivity index (χ2v) is 5.68. The van der Waals surface area contributed by atoms with Crippen molar-refractivity contribution in [3.8, 4) is 0 Å². The van der Waals surface area contributed by atoms with Crippen LogP contribution in [0.2, 0.25) is 0 Å². The fraction of sp³-hybridized carbons (Fsp3) is 1.00. The molecule has 1 saturated heterocycles. The van der Waals surface area contributed by atoms with Gasteiger partial charge in [-0.1, -0.05) is 6.42 Å². The van der Waals surface area contributed by atoms with Gasteiger partial charge in [0.05, 0.1) is 6.61 Å². The van der Waals surface area contributed by atoms with Crippen molar-refractivity contribution < 1.29 is 4.74 Å². The molecule has 0 aromatic carbocycles. The number of piperidine rings is 1. The van der Waals surface area contributed by atoms with Crippen molar-refractivity contribution in [2.45, 2.75) is 38.1 Å². The third-order valence-corrected chi connectivity index (χ3v) is 4.40. The minimum Gasteiger partial charge on any atom is -0.384 e. The molecular formula is C13H26N2O. The van der Waals surface area contributed by atoms with Gasteiger partial charge in [0.25, 0.3) is 0 Å². The van der Waals surface area contributed by atoms with Crippen molar-refractivity contribution in [1.29, 1.82) is 0 Å². The van der Waals surface area contributed by atoms with Crippen LogP contribution in [0.1, 0.15) is 32.1 Å². The van der Waals surface area contributed by atoms with Crippen LogP contribution < -0.4 is 5.32 Å². The molecule has 3 heteroatoms. The monoisotopic (exact) mass is 226 g/mol. The Balaban J connectivity index is 1.89. The summed E-state index contributed by atoms with van der Waals surface area (Å²) in [6.45, 7) is 4.45. The highest BCUT2D eigenvalue weighted by atomic mass is 16.5. The summed E-state index contributed by atoms with van der Waals surface area (Å²) >= 11 is 0. The van der Waals surface area contributed by atoms with Crippen LogP contribution >= 0.6 is 0 Å². The molecule has 0 spiro atoms. The lowest BCUT2D eigenvalue weighted by molar-refractivity contribution is 0.00828. The van der Waals surface area contributed by atoms with Crippen molar-refractivity contribution in [3.05, 3.63) is 0 Å². The third kappa shape index (κ3) is 2.76. The normalized spacial score (nSPS) is 25.7. The molecule has 1 heterocycles. The first kappa shape index (κ1) is 12.3. The van der Waals surface area contributed by atoms with E-state index >= 15 is 0 Å². The number of methoxy groups -OCH3 is 1. The topological polar surface area (TPSA) is 24.5 Å². The van der Waals surface area contributed by atoms with E-state index in [1.807, 2.05) is 7.11 Å². The zero-order valence-electron chi connectivity index (χ0n) is 10.8. The van der Waals surface area contributed by atoms with Crippen LogP contribution in [-0.4, -0.2) is 51.3 Å². The molecule has 16 heavy (non-hydrogen) atoms. The number of nitrogens with one attached hydrogen (secondary N) is 1. The van der Waals surface area contributed by atoms with E-state index < -0.39 is 0 Å². The second kappa shape index (κ2) is 5.48. The molecule has 0 aromatic rings. The van der Waals surface area contributed by atoms with Crippen LogP contribution in [0.3, 0.4) is 0 Å². The molecule has 2 aliphatic rings. The Hall–Kier alpha value is -0.120. The fourth-order valence-corrected chi connectivity index (χ4v) is 3.10. The SMILES string of the molecule is COCC1(CN(C)C2CCC2)CCNCC1. The van der Waals surface area contributed by atoms with Crippen LogP contribution in [0.4, 0.5) is 0 Å². The highest BCUT2D eigenvalue weighted by Crippen LogP contribution is 2.33. The van der Waals surface area contributed by atoms with E-state index in [4.69, 9.17) is 4.74 Å². The molecule has 94 valence electrons. The standard InChI is InChI=1S/C13H26N2O/c1-15(12-4-3-5-12)10-13(11-16-2)6-8-14-9-7-13/h12,14H,3-11H2,1-2H3. The molecular weight excluding hydrogens is 200 g/mol. The average Bonchev–Trinajstić information content (AvgIpc) is 2.16. The number of hydrogen-bond donors (Lipinski definition) is 1. The molecule has 1 saturated carbocycles. The van der Waals surface area contributed by atoms with Gasteiger partial charge in [0.2, 0.25) is 0 Å². The van der Waals surface area contributed by atoms with E-state index in [0.717, 1.165) is 25.7 Å². The molecule has 0 amide bonds. The summed E-state index contributed by atoms with van der Waals surface area (Å²) in [5.41, 5.74) is 0.407. The summed E-state index contributed by atoms with van der Waals surface area (Å²) in [5, 5.41) is 3.45. The van der Waals surface area contributed by atoms with E-state index in [0.29, 0.717) is 5.41 Å². The molecule has 0 atom stereocenters. The second-order valence-electron chi connectivity index (χ2n) is 5.68. The molecule has 1 aliphatic heterocycles. The van der Waals surface area contributed by atoms with Gasteiger partial charge in [0.15, 0.2) is 0 Å². The van der Waals surface area contributed by atoms with Crippen molar-refractivity contribution in [1.82, 2.24) is 10.2 Å². The maximum atomic E-state index is 5.46. The van der Waals surface area contributed by atoms with Gasteiger partial charge in [0.1, 0.15) is 0 Å². The van der Waals surface area contributed by atoms with E-state index in [2.05, 4.69) is 17.3 Å². The minimum atomic E-state index is 0.407. The Labute approximate surface area is 99.5 Å². The average molecular weight is 226 g/mol. The van der Waals surface area contributed by atoms with Crippen LogP contribution in [0.5, 0.6) is 0 Å². The van der Waals surface area contributed by atoms with Crippen molar-refractivity contribution >= 4 is 0 Å². The summed E-state index contributed by atoms with van der Waals surface area (Å²) in [6, 6.07) is 0.851. The third-order valence-electron chi connectivity index (χ3n) is 4.40. The van der Waals surface area contributed by atoms with E-state index in [1.165, 1.54) is 38.6 Å². The summed E-state index contributed by atoms with van der Waals surface area (Å²) < 4.78 is 5.46. The van der Waals surface area contributed by atoms with E-state index in [-0.39, 0.29) is 0 Å². The zero-order chi connectivity index (χ0) is 11.4. The minimum absolute atomic E-state index is 0.407. The lowest BCUT2D eigenvalue weighted by atomic mass is 9.78. The lowest BCUT2D eigenvalue weighted by Gasteiger charge is -2.44. The Bertz CT molecular complexity index is 204. The molecule has 1 aliphatic carbocycles. The Morgan fingerprint density at radius 3 is 2.50 bits per heavy atom.